The van der Waals surface area contributed by atoms with Gasteiger partial charge in [-0.15, -0.1) is 0 Å². The number of hydrogen-bond donors (Lipinski definition) is 2. The molecule has 18 heavy (non-hydrogen) atoms. The first-order valence-corrected chi connectivity index (χ1v) is 7.16. The molecule has 0 atom stereocenters. The zero-order valence-electron chi connectivity index (χ0n) is 10.5. The summed E-state index contributed by atoms with van der Waals surface area (Å²) < 4.78 is 0. The summed E-state index contributed by atoms with van der Waals surface area (Å²) in [6.07, 6.45) is 1.13. The second-order valence-corrected chi connectivity index (χ2v) is 5.49. The summed E-state index contributed by atoms with van der Waals surface area (Å²) in [5.41, 5.74) is 7.36. The highest BCUT2D eigenvalue weighted by Crippen LogP contribution is 2.21. The molecule has 0 saturated carbocycles. The molecule has 1 aromatic heterocycles. The predicted molar refractivity (Wildman–Crippen MR) is 75.6 cm³/mol. The highest BCUT2D eigenvalue weighted by Gasteiger charge is 2.17. The van der Waals surface area contributed by atoms with Crippen LogP contribution in [0.5, 0.6) is 0 Å². The van der Waals surface area contributed by atoms with Crippen molar-refractivity contribution in [2.45, 2.75) is 13.3 Å². The van der Waals surface area contributed by atoms with Crippen molar-refractivity contribution in [2.75, 3.05) is 29.5 Å². The topological polar surface area (TPSA) is 74.7 Å². The van der Waals surface area contributed by atoms with Gasteiger partial charge in [0.2, 0.25) is 0 Å². The van der Waals surface area contributed by atoms with E-state index in [2.05, 4.69) is 15.0 Å². The van der Waals surface area contributed by atoms with E-state index in [9.17, 15) is 0 Å². The molecule has 0 amide bonds. The lowest BCUT2D eigenvalue weighted by atomic mass is 10.2. The Morgan fingerprint density at radius 1 is 1.44 bits per heavy atom. The Morgan fingerprint density at radius 2 is 2.28 bits per heavy atom. The van der Waals surface area contributed by atoms with Crippen molar-refractivity contribution in [3.05, 3.63) is 23.4 Å². The molecule has 2 heterocycles. The molecular weight excluding hydrogens is 248 g/mol. The Kier molecular flexibility index (Phi) is 4.30. The number of aromatic nitrogens is 1. The average molecular weight is 266 g/mol. The number of hydrogen-bond acceptors (Lipinski definition) is 5. The lowest BCUT2D eigenvalue weighted by Crippen LogP contribution is -2.30. The number of amidine groups is 1. The molecule has 0 bridgehead atoms. The Bertz CT molecular complexity index is 442. The molecular formula is C12H18N4OS. The zero-order valence-corrected chi connectivity index (χ0v) is 11.3. The molecule has 1 aliphatic rings. The third kappa shape index (κ3) is 2.87. The van der Waals surface area contributed by atoms with E-state index < -0.39 is 0 Å². The molecule has 0 radical (unpaired) electrons. The molecule has 1 saturated heterocycles. The van der Waals surface area contributed by atoms with Gasteiger partial charge in [-0.25, -0.2) is 4.98 Å². The Hall–Kier alpha value is -1.43. The van der Waals surface area contributed by atoms with Crippen LogP contribution in [0.3, 0.4) is 0 Å². The second kappa shape index (κ2) is 5.95. The molecule has 1 aliphatic heterocycles. The number of thioether (sulfide) groups is 1. The van der Waals surface area contributed by atoms with Crippen LogP contribution in [0.2, 0.25) is 0 Å². The molecule has 0 spiro atoms. The number of oxime groups is 1. The summed E-state index contributed by atoms with van der Waals surface area (Å²) in [7, 11) is 0. The van der Waals surface area contributed by atoms with E-state index in [0.29, 0.717) is 5.56 Å². The van der Waals surface area contributed by atoms with Crippen molar-refractivity contribution in [2.24, 2.45) is 10.9 Å². The van der Waals surface area contributed by atoms with Gasteiger partial charge >= 0.3 is 0 Å². The quantitative estimate of drug-likeness (QED) is 0.366. The molecule has 1 fully saturated rings. The largest absolute Gasteiger partial charge is 0.409 e. The maximum absolute atomic E-state index is 8.85. The van der Waals surface area contributed by atoms with E-state index in [1.165, 1.54) is 5.75 Å². The van der Waals surface area contributed by atoms with E-state index >= 15 is 0 Å². The smallest absolute Gasteiger partial charge is 0.173 e. The lowest BCUT2D eigenvalue weighted by molar-refractivity contribution is 0.318. The van der Waals surface area contributed by atoms with Crippen LogP contribution >= 0.6 is 11.8 Å². The monoisotopic (exact) mass is 266 g/mol. The Morgan fingerprint density at radius 3 is 3.06 bits per heavy atom. The average Bonchev–Trinajstić information content (AvgIpc) is 2.66. The minimum atomic E-state index is 0.120. The summed E-state index contributed by atoms with van der Waals surface area (Å²) in [4.78, 5) is 6.77. The van der Waals surface area contributed by atoms with Crippen molar-refractivity contribution in [3.63, 3.8) is 0 Å². The Balaban J connectivity index is 2.37. The molecule has 0 aliphatic carbocycles. The van der Waals surface area contributed by atoms with Crippen LogP contribution in [0, 0.1) is 6.92 Å². The van der Waals surface area contributed by atoms with Gasteiger partial charge in [0.05, 0.1) is 5.56 Å². The fourth-order valence-electron chi connectivity index (χ4n) is 2.00. The van der Waals surface area contributed by atoms with Crippen LogP contribution in [-0.4, -0.2) is 40.6 Å². The van der Waals surface area contributed by atoms with E-state index in [-0.39, 0.29) is 5.84 Å². The number of aryl methyl sites for hydroxylation is 1. The van der Waals surface area contributed by atoms with Crippen molar-refractivity contribution in [3.8, 4) is 0 Å². The van der Waals surface area contributed by atoms with Crippen molar-refractivity contribution < 1.29 is 5.21 Å². The summed E-state index contributed by atoms with van der Waals surface area (Å²) >= 11 is 1.96. The fraction of sp³-hybridized carbons (Fsp3) is 0.500. The molecule has 98 valence electrons. The first-order chi connectivity index (χ1) is 8.72. The van der Waals surface area contributed by atoms with Gasteiger partial charge in [0.25, 0.3) is 0 Å². The number of rotatable bonds is 2. The van der Waals surface area contributed by atoms with Gasteiger partial charge in [-0.05, 0) is 31.2 Å². The van der Waals surface area contributed by atoms with Crippen molar-refractivity contribution in [1.82, 2.24) is 4.98 Å². The Labute approximate surface area is 111 Å². The van der Waals surface area contributed by atoms with E-state index in [4.69, 9.17) is 10.9 Å². The molecule has 3 N–H and O–H groups in total. The highest BCUT2D eigenvalue weighted by molar-refractivity contribution is 7.99. The maximum atomic E-state index is 8.85. The number of pyridine rings is 1. The van der Waals surface area contributed by atoms with Gasteiger partial charge in [0.15, 0.2) is 5.84 Å². The van der Waals surface area contributed by atoms with Crippen LogP contribution in [0.15, 0.2) is 17.3 Å². The van der Waals surface area contributed by atoms with Crippen molar-refractivity contribution >= 4 is 23.4 Å². The van der Waals surface area contributed by atoms with Gasteiger partial charge in [0.1, 0.15) is 5.82 Å². The normalized spacial score (nSPS) is 17.6. The van der Waals surface area contributed by atoms with E-state index in [0.717, 1.165) is 36.8 Å². The van der Waals surface area contributed by atoms with Crippen LogP contribution < -0.4 is 10.6 Å². The third-order valence-electron chi connectivity index (χ3n) is 2.92. The van der Waals surface area contributed by atoms with Crippen LogP contribution in [0.25, 0.3) is 0 Å². The van der Waals surface area contributed by atoms with Gasteiger partial charge in [0, 0.05) is 24.5 Å². The first-order valence-electron chi connectivity index (χ1n) is 6.00. The van der Waals surface area contributed by atoms with Crippen molar-refractivity contribution in [1.29, 1.82) is 0 Å². The zero-order chi connectivity index (χ0) is 13.0. The molecule has 0 aromatic carbocycles. The maximum Gasteiger partial charge on any atom is 0.173 e. The molecule has 1 aromatic rings. The summed E-state index contributed by atoms with van der Waals surface area (Å²) in [5.74, 6) is 3.22. The van der Waals surface area contributed by atoms with Crippen LogP contribution in [0.4, 0.5) is 5.82 Å². The minimum Gasteiger partial charge on any atom is -0.409 e. The van der Waals surface area contributed by atoms with Crippen LogP contribution in [-0.2, 0) is 0 Å². The van der Waals surface area contributed by atoms with Gasteiger partial charge in [-0.2, -0.15) is 11.8 Å². The van der Waals surface area contributed by atoms with E-state index in [1.54, 1.807) is 0 Å². The summed E-state index contributed by atoms with van der Waals surface area (Å²) in [6, 6.07) is 3.74. The standard InChI is InChI=1S/C12H18N4OS/c1-9-3-4-10(11(13)15-17)12(14-9)16-5-2-7-18-8-6-16/h3-4,17H,2,5-8H2,1H3,(H2,13,15). The highest BCUT2D eigenvalue weighted by atomic mass is 32.2. The third-order valence-corrected chi connectivity index (χ3v) is 3.97. The molecule has 2 rings (SSSR count). The van der Waals surface area contributed by atoms with Gasteiger partial charge in [-0.3, -0.25) is 0 Å². The van der Waals surface area contributed by atoms with Crippen LogP contribution in [0.1, 0.15) is 17.7 Å². The molecule has 6 heteroatoms. The SMILES string of the molecule is Cc1ccc(C(N)=NO)c(N2CCCSCC2)n1. The number of anilines is 1. The number of nitrogens with zero attached hydrogens (tertiary/aromatic N) is 3. The summed E-state index contributed by atoms with van der Waals surface area (Å²) in [6.45, 7) is 3.87. The molecule has 5 nitrogen and oxygen atoms in total. The molecule has 0 unspecified atom stereocenters. The van der Waals surface area contributed by atoms with E-state index in [1.807, 2.05) is 30.8 Å². The minimum absolute atomic E-state index is 0.120. The fourth-order valence-corrected chi connectivity index (χ4v) is 2.88. The number of nitrogens with two attached hydrogens (primary N) is 1. The first kappa shape index (κ1) is 13.0. The summed E-state index contributed by atoms with van der Waals surface area (Å²) in [5, 5.41) is 11.9. The lowest BCUT2D eigenvalue weighted by Gasteiger charge is -2.23. The van der Waals surface area contributed by atoms with Gasteiger partial charge in [-0.1, -0.05) is 5.16 Å². The second-order valence-electron chi connectivity index (χ2n) is 4.26. The van der Waals surface area contributed by atoms with Gasteiger partial charge < -0.3 is 15.8 Å². The predicted octanol–water partition coefficient (Wildman–Crippen LogP) is 1.43.